The molecule has 0 aromatic rings. The van der Waals surface area contributed by atoms with Gasteiger partial charge in [-0.05, 0) is 67.6 Å². The first-order valence-electron chi connectivity index (χ1n) is 9.23. The number of aliphatic hydroxyl groups excluding tert-OH is 1. The van der Waals surface area contributed by atoms with Gasteiger partial charge in [-0.3, -0.25) is 0 Å². The average molecular weight is 278 g/mol. The molecule has 116 valence electrons. The second kappa shape index (κ2) is 5.63. The van der Waals surface area contributed by atoms with Crippen LogP contribution in [-0.4, -0.2) is 11.2 Å². The summed E-state index contributed by atoms with van der Waals surface area (Å²) in [5, 5.41) is 10.9. The Hall–Kier alpha value is -0.0400. The SMILES string of the molecule is CCCCCCCC(O)C12CC3CC(CC(C)(C3)C1)C2. The fourth-order valence-electron chi connectivity index (χ4n) is 6.44. The third kappa shape index (κ3) is 2.80. The molecule has 1 heteroatoms. The fraction of sp³-hybridized carbons (Fsp3) is 1.00. The van der Waals surface area contributed by atoms with Crippen LogP contribution in [0.15, 0.2) is 0 Å². The Morgan fingerprint density at radius 2 is 1.65 bits per heavy atom. The maximum atomic E-state index is 10.9. The lowest BCUT2D eigenvalue weighted by atomic mass is 9.43. The molecule has 3 unspecified atom stereocenters. The normalized spacial score (nSPS) is 44.0. The van der Waals surface area contributed by atoms with Gasteiger partial charge in [-0.25, -0.2) is 0 Å². The van der Waals surface area contributed by atoms with Crippen molar-refractivity contribution < 1.29 is 5.11 Å². The summed E-state index contributed by atoms with van der Waals surface area (Å²) in [5.74, 6) is 1.88. The van der Waals surface area contributed by atoms with Crippen molar-refractivity contribution in [3.05, 3.63) is 0 Å². The smallest absolute Gasteiger partial charge is 0.0596 e. The molecule has 4 fully saturated rings. The maximum absolute atomic E-state index is 10.9. The van der Waals surface area contributed by atoms with Crippen molar-refractivity contribution in [1.82, 2.24) is 0 Å². The largest absolute Gasteiger partial charge is 0.393 e. The summed E-state index contributed by atoms with van der Waals surface area (Å²) in [6.45, 7) is 4.78. The van der Waals surface area contributed by atoms with Crippen LogP contribution < -0.4 is 0 Å². The van der Waals surface area contributed by atoms with Crippen molar-refractivity contribution in [3.63, 3.8) is 0 Å². The topological polar surface area (TPSA) is 20.2 Å². The maximum Gasteiger partial charge on any atom is 0.0596 e. The van der Waals surface area contributed by atoms with Gasteiger partial charge in [0.15, 0.2) is 0 Å². The predicted octanol–water partition coefficient (Wildman–Crippen LogP) is 5.31. The lowest BCUT2D eigenvalue weighted by Gasteiger charge is -2.62. The summed E-state index contributed by atoms with van der Waals surface area (Å²) in [6.07, 6.45) is 16.1. The van der Waals surface area contributed by atoms with Gasteiger partial charge in [0.1, 0.15) is 0 Å². The first-order chi connectivity index (χ1) is 9.55. The number of unbranched alkanes of at least 4 members (excludes halogenated alkanes) is 4. The highest BCUT2D eigenvalue weighted by Gasteiger charge is 2.57. The minimum Gasteiger partial charge on any atom is -0.393 e. The van der Waals surface area contributed by atoms with E-state index in [2.05, 4.69) is 13.8 Å². The Labute approximate surface area is 125 Å². The molecule has 0 heterocycles. The number of hydrogen-bond donors (Lipinski definition) is 1. The number of rotatable bonds is 7. The van der Waals surface area contributed by atoms with Crippen LogP contribution in [0.1, 0.15) is 90.9 Å². The zero-order valence-electron chi connectivity index (χ0n) is 13.7. The fourth-order valence-corrected chi connectivity index (χ4v) is 6.44. The highest BCUT2D eigenvalue weighted by atomic mass is 16.3. The van der Waals surface area contributed by atoms with Gasteiger partial charge in [0.2, 0.25) is 0 Å². The van der Waals surface area contributed by atoms with Crippen molar-refractivity contribution in [2.75, 3.05) is 0 Å². The van der Waals surface area contributed by atoms with Crippen molar-refractivity contribution in [3.8, 4) is 0 Å². The van der Waals surface area contributed by atoms with E-state index in [0.29, 0.717) is 10.8 Å². The molecule has 1 nitrogen and oxygen atoms in total. The van der Waals surface area contributed by atoms with E-state index in [1.807, 2.05) is 0 Å². The summed E-state index contributed by atoms with van der Waals surface area (Å²) in [7, 11) is 0. The molecule has 3 atom stereocenters. The lowest BCUT2D eigenvalue weighted by Crippen LogP contribution is -2.55. The van der Waals surface area contributed by atoms with E-state index in [1.54, 1.807) is 0 Å². The summed E-state index contributed by atoms with van der Waals surface area (Å²) in [5.41, 5.74) is 0.900. The zero-order chi connectivity index (χ0) is 14.2. The Morgan fingerprint density at radius 3 is 2.25 bits per heavy atom. The zero-order valence-corrected chi connectivity index (χ0v) is 13.7. The Kier molecular flexibility index (Phi) is 4.19. The van der Waals surface area contributed by atoms with E-state index in [1.165, 1.54) is 70.6 Å². The Morgan fingerprint density at radius 1 is 1.00 bits per heavy atom. The molecule has 4 saturated carbocycles. The van der Waals surface area contributed by atoms with Crippen LogP contribution in [0.5, 0.6) is 0 Å². The molecule has 0 aromatic heterocycles. The van der Waals surface area contributed by atoms with Gasteiger partial charge in [-0.2, -0.15) is 0 Å². The lowest BCUT2D eigenvalue weighted by molar-refractivity contribution is -0.154. The van der Waals surface area contributed by atoms with Gasteiger partial charge in [0.25, 0.3) is 0 Å². The quantitative estimate of drug-likeness (QED) is 0.625. The van der Waals surface area contributed by atoms with Gasteiger partial charge >= 0.3 is 0 Å². The van der Waals surface area contributed by atoms with E-state index in [9.17, 15) is 5.11 Å². The standard InChI is InChI=1S/C19H34O/c1-3-4-5-6-7-8-17(20)19-12-15-9-16(13-19)11-18(2,10-15)14-19/h15-17,20H,3-14H2,1-2H3. The molecule has 20 heavy (non-hydrogen) atoms. The summed E-state index contributed by atoms with van der Waals surface area (Å²) in [4.78, 5) is 0. The molecule has 4 aliphatic carbocycles. The molecule has 4 rings (SSSR count). The highest BCUT2D eigenvalue weighted by molar-refractivity contribution is 5.08. The number of hydrogen-bond acceptors (Lipinski definition) is 1. The molecule has 0 aliphatic heterocycles. The van der Waals surface area contributed by atoms with Crippen LogP contribution in [0.25, 0.3) is 0 Å². The van der Waals surface area contributed by atoms with E-state index in [-0.39, 0.29) is 6.10 Å². The molecule has 0 spiro atoms. The summed E-state index contributed by atoms with van der Waals surface area (Å²) < 4.78 is 0. The van der Waals surface area contributed by atoms with Gasteiger partial charge in [-0.15, -0.1) is 0 Å². The third-order valence-corrected chi connectivity index (χ3v) is 6.69. The second-order valence-corrected chi connectivity index (χ2v) is 8.85. The van der Waals surface area contributed by atoms with Crippen molar-refractivity contribution >= 4 is 0 Å². The van der Waals surface area contributed by atoms with Crippen LogP contribution >= 0.6 is 0 Å². The molecule has 1 N–H and O–H groups in total. The molecule has 0 amide bonds. The molecular weight excluding hydrogens is 244 g/mol. The van der Waals surface area contributed by atoms with Crippen molar-refractivity contribution in [2.45, 2.75) is 97.0 Å². The molecule has 0 radical (unpaired) electrons. The van der Waals surface area contributed by atoms with Crippen LogP contribution in [0.4, 0.5) is 0 Å². The summed E-state index contributed by atoms with van der Waals surface area (Å²) in [6, 6.07) is 0. The number of aliphatic hydroxyl groups is 1. The van der Waals surface area contributed by atoms with Gasteiger partial charge in [-0.1, -0.05) is 46.0 Å². The molecule has 4 aliphatic rings. The summed E-state index contributed by atoms with van der Waals surface area (Å²) >= 11 is 0. The Balaban J connectivity index is 1.55. The first-order valence-corrected chi connectivity index (χ1v) is 9.23. The van der Waals surface area contributed by atoms with Gasteiger partial charge in [0.05, 0.1) is 6.10 Å². The highest BCUT2D eigenvalue weighted by Crippen LogP contribution is 2.66. The van der Waals surface area contributed by atoms with E-state index in [4.69, 9.17) is 0 Å². The Bertz CT molecular complexity index is 321. The van der Waals surface area contributed by atoms with E-state index >= 15 is 0 Å². The second-order valence-electron chi connectivity index (χ2n) is 8.85. The molecule has 4 bridgehead atoms. The van der Waals surface area contributed by atoms with Crippen LogP contribution in [0, 0.1) is 22.7 Å². The monoisotopic (exact) mass is 278 g/mol. The van der Waals surface area contributed by atoms with Crippen molar-refractivity contribution in [1.29, 1.82) is 0 Å². The minimum atomic E-state index is -0.00523. The average Bonchev–Trinajstić information content (AvgIpc) is 2.35. The van der Waals surface area contributed by atoms with Crippen LogP contribution in [0.3, 0.4) is 0 Å². The van der Waals surface area contributed by atoms with E-state index < -0.39 is 0 Å². The van der Waals surface area contributed by atoms with Crippen molar-refractivity contribution in [2.24, 2.45) is 22.7 Å². The molecular formula is C19H34O. The predicted molar refractivity (Wildman–Crippen MR) is 84.6 cm³/mol. The van der Waals surface area contributed by atoms with Gasteiger partial charge in [0, 0.05) is 0 Å². The minimum absolute atomic E-state index is 0.00523. The first kappa shape index (κ1) is 14.9. The van der Waals surface area contributed by atoms with Crippen LogP contribution in [0.2, 0.25) is 0 Å². The molecule has 0 saturated heterocycles. The molecule has 0 aromatic carbocycles. The third-order valence-electron chi connectivity index (χ3n) is 6.69. The van der Waals surface area contributed by atoms with Crippen LogP contribution in [-0.2, 0) is 0 Å². The van der Waals surface area contributed by atoms with Gasteiger partial charge < -0.3 is 5.11 Å². The van der Waals surface area contributed by atoms with E-state index in [0.717, 1.165) is 18.3 Å².